The van der Waals surface area contributed by atoms with E-state index in [0.29, 0.717) is 0 Å². The maximum absolute atomic E-state index is 2.35. The Morgan fingerprint density at radius 1 is 0.633 bits per heavy atom. The summed E-state index contributed by atoms with van der Waals surface area (Å²) in [5, 5.41) is 0. The van der Waals surface area contributed by atoms with E-state index >= 15 is 0 Å². The van der Waals surface area contributed by atoms with Crippen LogP contribution in [0.3, 0.4) is 0 Å². The van der Waals surface area contributed by atoms with Gasteiger partial charge in [-0.15, -0.1) is 4.68 Å². The number of halogens is 1. The average Bonchev–Trinajstić information content (AvgIpc) is 3.20. The van der Waals surface area contributed by atoms with Crippen molar-refractivity contribution in [3.8, 4) is 0 Å². The molecule has 0 aliphatic rings. The number of nitrogens with zero attached hydrogens (tertiary/aromatic N) is 2. The van der Waals surface area contributed by atoms with Crippen molar-refractivity contribution in [2.24, 2.45) is 0 Å². The van der Waals surface area contributed by atoms with Crippen LogP contribution in [0, 0.1) is 0 Å². The van der Waals surface area contributed by atoms with E-state index in [2.05, 4.69) is 53.4 Å². The molecule has 0 aliphatic heterocycles. The van der Waals surface area contributed by atoms with Crippen LogP contribution < -0.4 is 21.7 Å². The first kappa shape index (κ1) is 30.0. The van der Waals surface area contributed by atoms with Gasteiger partial charge >= 0.3 is 0 Å². The Bertz CT molecular complexity index is 450. The summed E-state index contributed by atoms with van der Waals surface area (Å²) in [6.45, 7) is 6.77. The van der Waals surface area contributed by atoms with Gasteiger partial charge in [-0.2, -0.15) is 16.4 Å². The summed E-state index contributed by atoms with van der Waals surface area (Å²) in [6.07, 6.45) is 28.8. The molecule has 4 heteroatoms. The number of unbranched alkanes of at least 4 members (excludes halogenated alkanes) is 15. The predicted octanol–water partition coefficient (Wildman–Crippen LogP) is 5.18. The molecule has 178 valence electrons. The smallest absolute Gasteiger partial charge is 0.195 e. The third-order valence-electron chi connectivity index (χ3n) is 5.99. The first-order chi connectivity index (χ1) is 14.4. The summed E-state index contributed by atoms with van der Waals surface area (Å²) in [7, 11) is 0. The van der Waals surface area contributed by atoms with E-state index in [9.17, 15) is 0 Å². The van der Waals surface area contributed by atoms with Crippen LogP contribution in [0.1, 0.15) is 123 Å². The van der Waals surface area contributed by atoms with Crippen molar-refractivity contribution in [1.82, 2.24) is 4.68 Å². The van der Waals surface area contributed by atoms with Gasteiger partial charge in [0.1, 0.15) is 0 Å². The second-order valence-corrected chi connectivity index (χ2v) is 9.90. The third kappa shape index (κ3) is 17.7. The maximum Gasteiger partial charge on any atom is 0.195 e. The van der Waals surface area contributed by atoms with E-state index in [0.717, 1.165) is 6.54 Å². The first-order valence-electron chi connectivity index (χ1n) is 13.0. The molecule has 0 atom stereocenters. The van der Waals surface area contributed by atoms with Crippen LogP contribution in [-0.4, -0.2) is 16.2 Å². The minimum atomic E-state index is 0. The van der Waals surface area contributed by atoms with Crippen molar-refractivity contribution in [3.05, 3.63) is 18.5 Å². The molecule has 0 amide bonds. The van der Waals surface area contributed by atoms with Crippen molar-refractivity contribution in [2.45, 2.75) is 136 Å². The average molecular weight is 504 g/mol. The lowest BCUT2D eigenvalue weighted by Gasteiger charge is -2.04. The molecule has 0 unspecified atom stereocenters. The van der Waals surface area contributed by atoms with Gasteiger partial charge in [0.25, 0.3) is 0 Å². The van der Waals surface area contributed by atoms with Crippen molar-refractivity contribution in [1.29, 1.82) is 0 Å². The van der Waals surface area contributed by atoms with Crippen LogP contribution in [0.2, 0.25) is 0 Å². The van der Waals surface area contributed by atoms with Gasteiger partial charge in [0.05, 0.1) is 12.7 Å². The molecule has 0 aromatic carbocycles. The minimum Gasteiger partial charge on any atom is -1.00 e. The van der Waals surface area contributed by atoms with Gasteiger partial charge in [0.2, 0.25) is 0 Å². The van der Waals surface area contributed by atoms with Crippen LogP contribution in [0.15, 0.2) is 18.5 Å². The minimum absolute atomic E-state index is 0. The van der Waals surface area contributed by atoms with E-state index in [1.807, 2.05) is 0 Å². The van der Waals surface area contributed by atoms with Crippen molar-refractivity contribution < 1.29 is 21.7 Å². The highest BCUT2D eigenvalue weighted by Gasteiger charge is 2.05. The second kappa shape index (κ2) is 23.7. The Morgan fingerprint density at radius 3 is 1.60 bits per heavy atom. The van der Waals surface area contributed by atoms with Crippen LogP contribution in [0.25, 0.3) is 0 Å². The lowest BCUT2D eigenvalue weighted by molar-refractivity contribution is -0.775. The number of rotatable bonds is 22. The van der Waals surface area contributed by atoms with Crippen LogP contribution >= 0.6 is 11.8 Å². The monoisotopic (exact) mass is 502 g/mol. The molecule has 0 fully saturated rings. The molecule has 1 heterocycles. The molecule has 0 N–H and O–H groups in total. The summed E-state index contributed by atoms with van der Waals surface area (Å²) in [5.74, 6) is 2.80. The zero-order valence-electron chi connectivity index (χ0n) is 20.3. The zero-order valence-corrected chi connectivity index (χ0v) is 22.7. The molecule has 0 bridgehead atoms. The predicted molar refractivity (Wildman–Crippen MR) is 132 cm³/mol. The number of hydrogen-bond acceptors (Lipinski definition) is 1. The van der Waals surface area contributed by atoms with Gasteiger partial charge < -0.3 is 17.0 Å². The van der Waals surface area contributed by atoms with Crippen LogP contribution in [0.5, 0.6) is 0 Å². The fourth-order valence-corrected chi connectivity index (χ4v) is 5.07. The molecule has 0 aliphatic carbocycles. The molecule has 1 rings (SSSR count). The van der Waals surface area contributed by atoms with Gasteiger partial charge in [-0.3, -0.25) is 0 Å². The topological polar surface area (TPSA) is 8.81 Å². The zero-order chi connectivity index (χ0) is 20.8. The fourth-order valence-electron chi connectivity index (χ4n) is 4.05. The lowest BCUT2D eigenvalue weighted by atomic mass is 10.1. The Labute approximate surface area is 203 Å². The molecule has 1 aromatic rings. The van der Waals surface area contributed by atoms with Crippen molar-refractivity contribution in [2.75, 3.05) is 11.5 Å². The molecule has 0 radical (unpaired) electrons. The molecule has 1 aromatic heterocycles. The number of aryl methyl sites for hydroxylation is 2. The van der Waals surface area contributed by atoms with Crippen LogP contribution in [-0.2, 0) is 13.1 Å². The maximum atomic E-state index is 2.35. The molecule has 0 spiro atoms. The van der Waals surface area contributed by atoms with Crippen LogP contribution in [0.4, 0.5) is 0 Å². The summed E-state index contributed by atoms with van der Waals surface area (Å²) in [6, 6.07) is 2.15. The van der Waals surface area contributed by atoms with E-state index in [1.54, 1.807) is 0 Å². The summed E-state index contributed by atoms with van der Waals surface area (Å²) < 4.78 is 4.65. The molecule has 0 saturated heterocycles. The largest absolute Gasteiger partial charge is 1.00 e. The Morgan fingerprint density at radius 2 is 1.10 bits per heavy atom. The Balaban J connectivity index is 0.00000841. The summed E-state index contributed by atoms with van der Waals surface area (Å²) in [5.41, 5.74) is 0. The second-order valence-electron chi connectivity index (χ2n) is 8.68. The number of thioether (sulfide) groups is 1. The van der Waals surface area contributed by atoms with Crippen molar-refractivity contribution in [3.63, 3.8) is 0 Å². The number of hydrogen-bond donors (Lipinski definition) is 0. The summed E-state index contributed by atoms with van der Waals surface area (Å²) >= 11 is 2.20. The van der Waals surface area contributed by atoms with E-state index < -0.39 is 0 Å². The van der Waals surface area contributed by atoms with E-state index in [1.165, 1.54) is 127 Å². The molecular formula is C26H51BrN2S. The Kier molecular flexibility index (Phi) is 23.7. The van der Waals surface area contributed by atoms with Gasteiger partial charge in [0.15, 0.2) is 12.7 Å². The fraction of sp³-hybridized carbons (Fsp3) is 0.885. The van der Waals surface area contributed by atoms with Gasteiger partial charge in [-0.25, -0.2) is 0 Å². The molecule has 0 saturated carbocycles. The number of aromatic nitrogens is 2. The van der Waals surface area contributed by atoms with Gasteiger partial charge in [0, 0.05) is 12.5 Å². The third-order valence-corrected chi connectivity index (χ3v) is 7.14. The molecule has 30 heavy (non-hydrogen) atoms. The highest BCUT2D eigenvalue weighted by atomic mass is 79.9. The standard InChI is InChI=1S/C26H51N2S.BrH/c1-3-5-6-7-8-13-16-19-25-29-26-20-17-14-11-9-10-12-15-18-22-28-24-21-23-27(28)4-2;/h21,23-24H,3-20,22,25-26H2,1-2H3;1H/q+1;/p-1. The summed E-state index contributed by atoms with van der Waals surface area (Å²) in [4.78, 5) is 0. The van der Waals surface area contributed by atoms with E-state index in [-0.39, 0.29) is 17.0 Å². The molecule has 2 nitrogen and oxygen atoms in total. The lowest BCUT2D eigenvalue weighted by Crippen LogP contribution is -3.00. The quantitative estimate of drug-likeness (QED) is 0.156. The normalized spacial score (nSPS) is 11.0. The van der Waals surface area contributed by atoms with E-state index in [4.69, 9.17) is 0 Å². The SMILES string of the molecule is CCCCCCCCCCSCCCCCCCCCCC[n+]1cccn1CC.[Br-]. The molecular weight excluding hydrogens is 452 g/mol. The van der Waals surface area contributed by atoms with Crippen molar-refractivity contribution >= 4 is 11.8 Å². The van der Waals surface area contributed by atoms with Gasteiger partial charge in [-0.1, -0.05) is 90.4 Å². The Hall–Kier alpha value is 0.0400. The highest BCUT2D eigenvalue weighted by Crippen LogP contribution is 2.14. The first-order valence-corrected chi connectivity index (χ1v) is 14.2. The highest BCUT2D eigenvalue weighted by molar-refractivity contribution is 7.99. The van der Waals surface area contributed by atoms with Gasteiger partial charge in [-0.05, 0) is 37.7 Å².